The van der Waals surface area contributed by atoms with Gasteiger partial charge in [0.25, 0.3) is 0 Å². The van der Waals surface area contributed by atoms with Gasteiger partial charge in [0.15, 0.2) is 0 Å². The molecule has 0 unspecified atom stereocenters. The number of rotatable bonds is 7. The van der Waals surface area contributed by atoms with Gasteiger partial charge < -0.3 is 20.5 Å². The van der Waals surface area contributed by atoms with E-state index in [4.69, 9.17) is 0 Å². The Morgan fingerprint density at radius 2 is 1.50 bits per heavy atom. The van der Waals surface area contributed by atoms with E-state index in [0.29, 0.717) is 18.2 Å². The monoisotopic (exact) mass is 476 g/mol. The second-order valence-electron chi connectivity index (χ2n) is 8.92. The fourth-order valence-corrected chi connectivity index (χ4v) is 4.18. The van der Waals surface area contributed by atoms with Crippen LogP contribution in [0.4, 0.5) is 28.8 Å². The zero-order chi connectivity index (χ0) is 25.1. The number of anilines is 5. The van der Waals surface area contributed by atoms with Crippen LogP contribution in [0.3, 0.4) is 0 Å². The zero-order valence-electron chi connectivity index (χ0n) is 20.5. The van der Waals surface area contributed by atoms with Gasteiger partial charge >= 0.3 is 0 Å². The molecular weight excluding hydrogens is 448 g/mol. The van der Waals surface area contributed by atoms with Crippen molar-refractivity contribution in [3.63, 3.8) is 0 Å². The first-order valence-electron chi connectivity index (χ1n) is 11.8. The van der Waals surface area contributed by atoms with Crippen molar-refractivity contribution in [1.82, 2.24) is 14.5 Å². The van der Waals surface area contributed by atoms with E-state index in [9.17, 15) is 4.79 Å². The van der Waals surface area contributed by atoms with Crippen LogP contribution in [0.1, 0.15) is 16.8 Å². The molecule has 0 fully saturated rings. The summed E-state index contributed by atoms with van der Waals surface area (Å²) in [6, 6.07) is 25.7. The first kappa shape index (κ1) is 23.1. The lowest BCUT2D eigenvalue weighted by Crippen LogP contribution is -2.14. The number of nitrogens with one attached hydrogen (secondary N) is 3. The molecule has 5 aromatic rings. The van der Waals surface area contributed by atoms with Gasteiger partial charge in [-0.25, -0.2) is 4.98 Å². The molecular formula is C29H28N6O. The number of hydrogen-bond donors (Lipinski definition) is 3. The van der Waals surface area contributed by atoms with E-state index in [1.165, 1.54) is 5.56 Å². The molecule has 7 nitrogen and oxygen atoms in total. The van der Waals surface area contributed by atoms with E-state index < -0.39 is 0 Å². The molecule has 36 heavy (non-hydrogen) atoms. The van der Waals surface area contributed by atoms with Crippen molar-refractivity contribution in [2.24, 2.45) is 7.05 Å². The summed E-state index contributed by atoms with van der Waals surface area (Å²) >= 11 is 0. The van der Waals surface area contributed by atoms with Crippen molar-refractivity contribution >= 4 is 45.6 Å². The number of para-hydroxylation sites is 1. The average Bonchev–Trinajstić information content (AvgIpc) is 3.16. The highest BCUT2D eigenvalue weighted by molar-refractivity contribution is 5.96. The molecule has 0 saturated heterocycles. The van der Waals surface area contributed by atoms with E-state index in [1.54, 1.807) is 0 Å². The van der Waals surface area contributed by atoms with Crippen LogP contribution in [0.15, 0.2) is 85.1 Å². The fourth-order valence-electron chi connectivity index (χ4n) is 4.18. The largest absolute Gasteiger partial charge is 0.350 e. The molecule has 180 valence electrons. The highest BCUT2D eigenvalue weighted by Crippen LogP contribution is 2.23. The molecule has 0 bridgehead atoms. The van der Waals surface area contributed by atoms with Crippen LogP contribution in [-0.4, -0.2) is 20.4 Å². The Morgan fingerprint density at radius 1 is 0.833 bits per heavy atom. The van der Waals surface area contributed by atoms with Crippen LogP contribution in [0.5, 0.6) is 0 Å². The standard InChI is InChI=1S/C29H28N6O/c1-19-8-10-22(11-9-19)31-27-16-20(2)30-29(34-27)33-24-14-12-23(13-15-24)32-28(36)17-21-18-35(3)26-7-5-4-6-25(21)26/h4-16,18H,17H2,1-3H3,(H,32,36)(H2,30,31,33,34). The number of benzene rings is 3. The summed E-state index contributed by atoms with van der Waals surface area (Å²) < 4.78 is 2.05. The van der Waals surface area contributed by atoms with E-state index >= 15 is 0 Å². The highest BCUT2D eigenvalue weighted by Gasteiger charge is 2.11. The number of fused-ring (bicyclic) bond motifs is 1. The Labute approximate surface area is 210 Å². The number of carbonyl (C=O) groups is 1. The summed E-state index contributed by atoms with van der Waals surface area (Å²) in [6.07, 6.45) is 2.33. The molecule has 0 radical (unpaired) electrons. The van der Waals surface area contributed by atoms with Gasteiger partial charge in [0.2, 0.25) is 11.9 Å². The molecule has 0 aliphatic heterocycles. The predicted octanol–water partition coefficient (Wildman–Crippen LogP) is 6.25. The highest BCUT2D eigenvalue weighted by atomic mass is 16.1. The minimum Gasteiger partial charge on any atom is -0.350 e. The maximum atomic E-state index is 12.7. The molecule has 0 atom stereocenters. The normalized spacial score (nSPS) is 10.9. The third-order valence-electron chi connectivity index (χ3n) is 5.93. The van der Waals surface area contributed by atoms with Gasteiger partial charge in [-0.15, -0.1) is 0 Å². The Hall–Kier alpha value is -4.65. The van der Waals surface area contributed by atoms with Crippen molar-refractivity contribution in [1.29, 1.82) is 0 Å². The summed E-state index contributed by atoms with van der Waals surface area (Å²) in [5.74, 6) is 1.16. The topological polar surface area (TPSA) is 83.9 Å². The number of nitrogens with zero attached hydrogens (tertiary/aromatic N) is 3. The molecule has 7 heteroatoms. The average molecular weight is 477 g/mol. The molecule has 3 aromatic carbocycles. The summed E-state index contributed by atoms with van der Waals surface area (Å²) in [7, 11) is 1.99. The summed E-state index contributed by atoms with van der Waals surface area (Å²) in [6.45, 7) is 3.99. The second kappa shape index (κ2) is 9.92. The predicted molar refractivity (Wildman–Crippen MR) is 146 cm³/mol. The molecule has 2 aromatic heterocycles. The van der Waals surface area contributed by atoms with Gasteiger partial charge in [0, 0.05) is 53.0 Å². The summed E-state index contributed by atoms with van der Waals surface area (Å²) in [5, 5.41) is 10.7. The first-order chi connectivity index (χ1) is 17.4. The maximum absolute atomic E-state index is 12.7. The van der Waals surface area contributed by atoms with Gasteiger partial charge in [0.1, 0.15) is 5.82 Å². The van der Waals surface area contributed by atoms with Crippen LogP contribution in [-0.2, 0) is 18.3 Å². The van der Waals surface area contributed by atoms with Crippen LogP contribution in [0.2, 0.25) is 0 Å². The summed E-state index contributed by atoms with van der Waals surface area (Å²) in [4.78, 5) is 21.8. The first-order valence-corrected chi connectivity index (χ1v) is 11.8. The molecule has 0 saturated carbocycles. The van der Waals surface area contributed by atoms with Crippen molar-refractivity contribution in [2.45, 2.75) is 20.3 Å². The van der Waals surface area contributed by atoms with E-state index in [0.717, 1.165) is 39.2 Å². The molecule has 5 rings (SSSR count). The number of hydrogen-bond acceptors (Lipinski definition) is 5. The van der Waals surface area contributed by atoms with E-state index in [1.807, 2.05) is 85.4 Å². The van der Waals surface area contributed by atoms with Crippen LogP contribution >= 0.6 is 0 Å². The Balaban J connectivity index is 1.23. The van der Waals surface area contributed by atoms with Crippen LogP contribution in [0, 0.1) is 13.8 Å². The number of aromatic nitrogens is 3. The van der Waals surface area contributed by atoms with Gasteiger partial charge in [-0.2, -0.15) is 4.98 Å². The van der Waals surface area contributed by atoms with Crippen LogP contribution in [0.25, 0.3) is 10.9 Å². The lowest BCUT2D eigenvalue weighted by atomic mass is 10.1. The maximum Gasteiger partial charge on any atom is 0.229 e. The van der Waals surface area contributed by atoms with Gasteiger partial charge in [-0.3, -0.25) is 4.79 Å². The molecule has 1 amide bonds. The van der Waals surface area contributed by atoms with E-state index in [-0.39, 0.29) is 5.91 Å². The Morgan fingerprint density at radius 3 is 2.28 bits per heavy atom. The zero-order valence-corrected chi connectivity index (χ0v) is 20.5. The lowest BCUT2D eigenvalue weighted by Gasteiger charge is -2.11. The molecule has 0 aliphatic carbocycles. The smallest absolute Gasteiger partial charge is 0.229 e. The Bertz CT molecular complexity index is 1520. The SMILES string of the molecule is Cc1ccc(Nc2cc(C)nc(Nc3ccc(NC(=O)Cc4cn(C)c5ccccc45)cc3)n2)cc1. The lowest BCUT2D eigenvalue weighted by molar-refractivity contribution is -0.115. The minimum absolute atomic E-state index is 0.0547. The van der Waals surface area contributed by atoms with E-state index in [2.05, 4.69) is 51.0 Å². The third-order valence-corrected chi connectivity index (χ3v) is 5.93. The molecule has 3 N–H and O–H groups in total. The number of aryl methyl sites for hydroxylation is 3. The quantitative estimate of drug-likeness (QED) is 0.258. The van der Waals surface area contributed by atoms with Gasteiger partial charge in [0.05, 0.1) is 6.42 Å². The second-order valence-corrected chi connectivity index (χ2v) is 8.92. The number of carbonyl (C=O) groups excluding carboxylic acids is 1. The molecule has 2 heterocycles. The Kier molecular flexibility index (Phi) is 6.36. The van der Waals surface area contributed by atoms with Crippen molar-refractivity contribution < 1.29 is 4.79 Å². The summed E-state index contributed by atoms with van der Waals surface area (Å²) in [5.41, 5.74) is 6.70. The molecule has 0 aliphatic rings. The van der Waals surface area contributed by atoms with Gasteiger partial charge in [-0.05, 0) is 61.9 Å². The van der Waals surface area contributed by atoms with Crippen molar-refractivity contribution in [3.8, 4) is 0 Å². The molecule has 0 spiro atoms. The van der Waals surface area contributed by atoms with Crippen molar-refractivity contribution in [3.05, 3.63) is 102 Å². The van der Waals surface area contributed by atoms with Crippen LogP contribution < -0.4 is 16.0 Å². The fraction of sp³-hybridized carbons (Fsp3) is 0.138. The number of amides is 1. The van der Waals surface area contributed by atoms with Crippen molar-refractivity contribution in [2.75, 3.05) is 16.0 Å². The third kappa shape index (κ3) is 5.36. The van der Waals surface area contributed by atoms with Gasteiger partial charge in [-0.1, -0.05) is 35.9 Å². The minimum atomic E-state index is -0.0547.